The molecule has 0 spiro atoms. The first-order valence-corrected chi connectivity index (χ1v) is 10.9. The number of aromatic nitrogens is 1. The van der Waals surface area contributed by atoms with Crippen LogP contribution in [0.25, 0.3) is 11.3 Å². The highest BCUT2D eigenvalue weighted by molar-refractivity contribution is 7.07. The summed E-state index contributed by atoms with van der Waals surface area (Å²) in [5, 5.41) is 6.87. The minimum absolute atomic E-state index is 0.217. The molecular weight excluding hydrogens is 382 g/mol. The van der Waals surface area contributed by atoms with E-state index < -0.39 is 0 Å². The van der Waals surface area contributed by atoms with Gasteiger partial charge in [0.25, 0.3) is 0 Å². The van der Waals surface area contributed by atoms with Gasteiger partial charge >= 0.3 is 0 Å². The van der Waals surface area contributed by atoms with Crippen molar-refractivity contribution in [2.45, 2.75) is 46.6 Å². The molecule has 2 aromatic heterocycles. The third-order valence-electron chi connectivity index (χ3n) is 5.32. The van der Waals surface area contributed by atoms with Crippen LogP contribution in [-0.4, -0.2) is 30.1 Å². The monoisotopic (exact) mass is 409 g/mol. The Kier molecular flexibility index (Phi) is 5.83. The summed E-state index contributed by atoms with van der Waals surface area (Å²) in [5.74, 6) is 1.60. The fourth-order valence-electron chi connectivity index (χ4n) is 3.55. The minimum Gasteiger partial charge on any atom is -0.460 e. The minimum atomic E-state index is 0.217. The van der Waals surface area contributed by atoms with E-state index in [2.05, 4.69) is 38.3 Å². The van der Waals surface area contributed by atoms with Crippen LogP contribution >= 0.6 is 11.3 Å². The number of hydrogen-bond donors (Lipinski definition) is 0. The lowest BCUT2D eigenvalue weighted by Gasteiger charge is -2.10. The highest BCUT2D eigenvalue weighted by atomic mass is 32.1. The van der Waals surface area contributed by atoms with E-state index >= 15 is 0 Å². The Bertz CT molecular complexity index is 1100. The number of benzene rings is 1. The van der Waals surface area contributed by atoms with Gasteiger partial charge in [0.1, 0.15) is 11.5 Å². The molecule has 5 nitrogen and oxygen atoms in total. The largest absolute Gasteiger partial charge is 0.460 e. The quantitative estimate of drug-likeness (QED) is 0.557. The van der Waals surface area contributed by atoms with E-state index in [0.717, 1.165) is 41.5 Å². The zero-order valence-corrected chi connectivity index (χ0v) is 18.3. The number of aryl methyl sites for hydroxylation is 4. The molecule has 3 aromatic rings. The molecule has 1 atom stereocenters. The molecule has 1 fully saturated rings. The lowest BCUT2D eigenvalue weighted by molar-refractivity contribution is 0.117. The summed E-state index contributed by atoms with van der Waals surface area (Å²) in [4.78, 5) is 5.70. The zero-order chi connectivity index (χ0) is 20.4. The average molecular weight is 410 g/mol. The SMILES string of the molecule is Cc1ccc(/C=N\n2c(-c3cc(C)c(C)cc3C)csc2=NC[C@@H]2CCCO2)o1. The fourth-order valence-corrected chi connectivity index (χ4v) is 4.39. The second-order valence-electron chi connectivity index (χ2n) is 7.64. The first-order chi connectivity index (χ1) is 14.0. The van der Waals surface area contributed by atoms with Gasteiger partial charge in [-0.1, -0.05) is 6.07 Å². The average Bonchev–Trinajstić information content (AvgIpc) is 3.42. The third kappa shape index (κ3) is 4.43. The van der Waals surface area contributed by atoms with Crippen LogP contribution in [-0.2, 0) is 4.74 Å². The lowest BCUT2D eigenvalue weighted by atomic mass is 9.99. The smallest absolute Gasteiger partial charge is 0.206 e. The number of hydrogen-bond acceptors (Lipinski definition) is 5. The Morgan fingerprint density at radius 2 is 1.97 bits per heavy atom. The van der Waals surface area contributed by atoms with Gasteiger partial charge in [-0.15, -0.1) is 11.3 Å². The van der Waals surface area contributed by atoms with E-state index in [1.807, 2.05) is 23.7 Å². The second kappa shape index (κ2) is 8.51. The highest BCUT2D eigenvalue weighted by Crippen LogP contribution is 2.27. The van der Waals surface area contributed by atoms with Crippen molar-refractivity contribution in [3.05, 3.63) is 62.7 Å². The molecule has 0 saturated carbocycles. The van der Waals surface area contributed by atoms with Gasteiger partial charge in [-0.25, -0.2) is 4.68 Å². The Balaban J connectivity index is 1.77. The van der Waals surface area contributed by atoms with E-state index in [1.165, 1.54) is 22.3 Å². The van der Waals surface area contributed by atoms with Crippen LogP contribution < -0.4 is 4.80 Å². The summed E-state index contributed by atoms with van der Waals surface area (Å²) >= 11 is 1.61. The predicted molar refractivity (Wildman–Crippen MR) is 118 cm³/mol. The molecule has 1 aromatic carbocycles. The first-order valence-electron chi connectivity index (χ1n) is 10.0. The van der Waals surface area contributed by atoms with E-state index in [0.29, 0.717) is 6.54 Å². The number of ether oxygens (including phenoxy) is 1. The number of furan rings is 1. The molecule has 0 aliphatic carbocycles. The molecule has 4 rings (SSSR count). The molecule has 1 saturated heterocycles. The van der Waals surface area contributed by atoms with Crippen LogP contribution in [0.5, 0.6) is 0 Å². The van der Waals surface area contributed by atoms with Crippen LogP contribution in [0.3, 0.4) is 0 Å². The van der Waals surface area contributed by atoms with Gasteiger partial charge in [0.2, 0.25) is 4.80 Å². The molecule has 0 radical (unpaired) electrons. The topological polar surface area (TPSA) is 52.0 Å². The Morgan fingerprint density at radius 3 is 2.69 bits per heavy atom. The summed E-state index contributed by atoms with van der Waals surface area (Å²) < 4.78 is 13.3. The summed E-state index contributed by atoms with van der Waals surface area (Å²) in [6, 6.07) is 8.34. The number of thiazole rings is 1. The van der Waals surface area contributed by atoms with Crippen LogP contribution in [0.15, 0.2) is 44.2 Å². The molecule has 0 N–H and O–H groups in total. The summed E-state index contributed by atoms with van der Waals surface area (Å²) in [7, 11) is 0. The van der Waals surface area contributed by atoms with E-state index in [9.17, 15) is 0 Å². The molecule has 0 amide bonds. The third-order valence-corrected chi connectivity index (χ3v) is 6.17. The maximum absolute atomic E-state index is 5.73. The van der Waals surface area contributed by atoms with Crippen molar-refractivity contribution >= 4 is 17.6 Å². The van der Waals surface area contributed by atoms with Gasteiger partial charge in [-0.05, 0) is 75.4 Å². The van der Waals surface area contributed by atoms with Gasteiger partial charge in [0.15, 0.2) is 0 Å². The van der Waals surface area contributed by atoms with Crippen molar-refractivity contribution in [3.63, 3.8) is 0 Å². The normalized spacial score (nSPS) is 17.7. The maximum atomic E-state index is 5.73. The molecule has 0 bridgehead atoms. The van der Waals surface area contributed by atoms with E-state index in [1.54, 1.807) is 17.6 Å². The molecule has 0 unspecified atom stereocenters. The predicted octanol–water partition coefficient (Wildman–Crippen LogP) is 5.01. The fraction of sp³-hybridized carbons (Fsp3) is 0.391. The van der Waals surface area contributed by atoms with Crippen LogP contribution in [0.1, 0.15) is 41.1 Å². The van der Waals surface area contributed by atoms with Crippen molar-refractivity contribution in [1.29, 1.82) is 0 Å². The molecule has 3 heterocycles. The van der Waals surface area contributed by atoms with Crippen LogP contribution in [0.2, 0.25) is 0 Å². The molecule has 6 heteroatoms. The highest BCUT2D eigenvalue weighted by Gasteiger charge is 2.16. The van der Waals surface area contributed by atoms with Crippen molar-refractivity contribution in [1.82, 2.24) is 4.68 Å². The van der Waals surface area contributed by atoms with Gasteiger partial charge in [-0.3, -0.25) is 4.99 Å². The van der Waals surface area contributed by atoms with Crippen molar-refractivity contribution in [2.24, 2.45) is 10.1 Å². The van der Waals surface area contributed by atoms with Crippen molar-refractivity contribution < 1.29 is 9.15 Å². The Hall–Kier alpha value is -2.44. The van der Waals surface area contributed by atoms with Crippen molar-refractivity contribution in [3.8, 4) is 11.3 Å². The summed E-state index contributed by atoms with van der Waals surface area (Å²) in [5.41, 5.74) is 6.02. The second-order valence-corrected chi connectivity index (χ2v) is 8.47. The van der Waals surface area contributed by atoms with Gasteiger partial charge < -0.3 is 9.15 Å². The van der Waals surface area contributed by atoms with Gasteiger partial charge in [-0.2, -0.15) is 5.10 Å². The Labute approximate surface area is 175 Å². The van der Waals surface area contributed by atoms with Crippen molar-refractivity contribution in [2.75, 3.05) is 13.2 Å². The lowest BCUT2D eigenvalue weighted by Crippen LogP contribution is -2.17. The summed E-state index contributed by atoms with van der Waals surface area (Å²) in [6.45, 7) is 9.88. The first kappa shape index (κ1) is 19.9. The molecule has 29 heavy (non-hydrogen) atoms. The van der Waals surface area contributed by atoms with Gasteiger partial charge in [0.05, 0.1) is 24.6 Å². The standard InChI is InChI=1S/C23H27N3O2S/c1-15-10-17(3)21(11-16(15)2)22-14-29-23(24-12-19-6-5-9-27-19)26(22)25-13-20-8-7-18(4)28-20/h7-8,10-11,13-14,19H,5-6,9,12H2,1-4H3/b24-23?,25-13-/t19-/m0/s1. The maximum Gasteiger partial charge on any atom is 0.206 e. The molecule has 1 aliphatic rings. The van der Waals surface area contributed by atoms with Crippen LogP contribution in [0.4, 0.5) is 0 Å². The summed E-state index contributed by atoms with van der Waals surface area (Å²) in [6.07, 6.45) is 4.17. The molecule has 1 aliphatic heterocycles. The Morgan fingerprint density at radius 1 is 1.14 bits per heavy atom. The molecular formula is C23H27N3O2S. The number of nitrogens with zero attached hydrogens (tertiary/aromatic N) is 3. The van der Waals surface area contributed by atoms with Gasteiger partial charge in [0, 0.05) is 17.6 Å². The van der Waals surface area contributed by atoms with E-state index in [4.69, 9.17) is 19.2 Å². The zero-order valence-electron chi connectivity index (χ0n) is 17.4. The number of rotatable bonds is 5. The van der Waals surface area contributed by atoms with E-state index in [-0.39, 0.29) is 6.10 Å². The van der Waals surface area contributed by atoms with Crippen LogP contribution in [0, 0.1) is 27.7 Å². The molecule has 152 valence electrons.